The molecule has 146 valence electrons. The van der Waals surface area contributed by atoms with Gasteiger partial charge in [0.2, 0.25) is 0 Å². The van der Waals surface area contributed by atoms with E-state index in [1.807, 2.05) is 18.2 Å². The van der Waals surface area contributed by atoms with Gasteiger partial charge in [-0.25, -0.2) is 0 Å². The van der Waals surface area contributed by atoms with Gasteiger partial charge in [0.25, 0.3) is 0 Å². The van der Waals surface area contributed by atoms with Crippen LogP contribution in [-0.2, 0) is 12.6 Å². The van der Waals surface area contributed by atoms with Crippen molar-refractivity contribution in [2.45, 2.75) is 24.9 Å². The number of aromatic amines is 1. The Morgan fingerprint density at radius 1 is 1.07 bits per heavy atom. The van der Waals surface area contributed by atoms with Gasteiger partial charge in [-0.05, 0) is 67.6 Å². The summed E-state index contributed by atoms with van der Waals surface area (Å²) in [6.45, 7) is 2.06. The van der Waals surface area contributed by atoms with Gasteiger partial charge in [-0.15, -0.1) is 0 Å². The number of halogens is 3. The zero-order valence-corrected chi connectivity index (χ0v) is 15.8. The molecule has 0 spiro atoms. The first kappa shape index (κ1) is 17.8. The molecule has 2 aliphatic rings. The Hall–Kier alpha value is -2.27. The quantitative estimate of drug-likeness (QED) is 0.592. The van der Waals surface area contributed by atoms with Gasteiger partial charge in [0.05, 0.1) is 5.56 Å². The minimum atomic E-state index is -4.33. The zero-order chi connectivity index (χ0) is 19.5. The van der Waals surface area contributed by atoms with Gasteiger partial charge in [0.15, 0.2) is 0 Å². The summed E-state index contributed by atoms with van der Waals surface area (Å²) in [6, 6.07) is 14.4. The van der Waals surface area contributed by atoms with Gasteiger partial charge in [-0.1, -0.05) is 30.3 Å². The fourth-order valence-corrected chi connectivity index (χ4v) is 5.34. The first-order valence-corrected chi connectivity index (χ1v) is 9.87. The summed E-state index contributed by atoms with van der Waals surface area (Å²) >= 11 is 0. The molecule has 0 bridgehead atoms. The van der Waals surface area contributed by atoms with E-state index in [4.69, 9.17) is 0 Å². The molecule has 1 fully saturated rings. The van der Waals surface area contributed by atoms with Gasteiger partial charge < -0.3 is 9.88 Å². The number of rotatable bonds is 1. The molecule has 1 N–H and O–H groups in total. The molecule has 1 aromatic heterocycles. The predicted molar refractivity (Wildman–Crippen MR) is 104 cm³/mol. The molecule has 5 rings (SSSR count). The third-order valence-electron chi connectivity index (χ3n) is 6.62. The number of nitrogens with one attached hydrogen (secondary N) is 1. The molecule has 1 aliphatic heterocycles. The van der Waals surface area contributed by atoms with Crippen LogP contribution in [0.3, 0.4) is 0 Å². The average Bonchev–Trinajstić information content (AvgIpc) is 3.03. The van der Waals surface area contributed by atoms with E-state index in [1.165, 1.54) is 17.7 Å². The first-order valence-electron chi connectivity index (χ1n) is 9.87. The van der Waals surface area contributed by atoms with Crippen molar-refractivity contribution >= 4 is 10.9 Å². The van der Waals surface area contributed by atoms with Crippen LogP contribution in [0.25, 0.3) is 10.9 Å². The van der Waals surface area contributed by atoms with Crippen LogP contribution in [0.1, 0.15) is 34.7 Å². The van der Waals surface area contributed by atoms with Crippen molar-refractivity contribution in [3.8, 4) is 0 Å². The molecule has 5 heteroatoms. The summed E-state index contributed by atoms with van der Waals surface area (Å²) in [4.78, 5) is 5.82. The summed E-state index contributed by atoms with van der Waals surface area (Å²) in [5, 5.41) is 0.727. The molecular formula is C23H23F3N2. The van der Waals surface area contributed by atoms with Crippen LogP contribution in [0.15, 0.2) is 48.5 Å². The summed E-state index contributed by atoms with van der Waals surface area (Å²) in [5.41, 5.74) is 3.63. The lowest BCUT2D eigenvalue weighted by atomic mass is 9.65. The van der Waals surface area contributed by atoms with E-state index in [0.29, 0.717) is 11.8 Å². The van der Waals surface area contributed by atoms with Crippen LogP contribution in [0, 0.1) is 11.8 Å². The lowest BCUT2D eigenvalue weighted by Gasteiger charge is -2.44. The molecule has 2 nitrogen and oxygen atoms in total. The Labute approximate surface area is 162 Å². The molecule has 28 heavy (non-hydrogen) atoms. The van der Waals surface area contributed by atoms with E-state index in [0.717, 1.165) is 48.1 Å². The Morgan fingerprint density at radius 2 is 1.86 bits per heavy atom. The molecule has 2 heterocycles. The SMILES string of the molecule is CN1CC[C@H]2Cc3[nH]c4ccc(C(F)(F)F)cc4c3[C@@H](c3ccccc3)[C@@H]2C1. The molecule has 0 radical (unpaired) electrons. The summed E-state index contributed by atoms with van der Waals surface area (Å²) < 4.78 is 40.1. The van der Waals surface area contributed by atoms with Crippen LogP contribution < -0.4 is 0 Å². The lowest BCUT2D eigenvalue weighted by molar-refractivity contribution is -0.137. The molecule has 1 saturated heterocycles. The van der Waals surface area contributed by atoms with Crippen molar-refractivity contribution in [2.24, 2.45) is 11.8 Å². The van der Waals surface area contributed by atoms with Crippen LogP contribution in [0.4, 0.5) is 13.2 Å². The number of nitrogens with zero attached hydrogens (tertiary/aromatic N) is 1. The topological polar surface area (TPSA) is 19.0 Å². The summed E-state index contributed by atoms with van der Waals surface area (Å²) in [7, 11) is 2.14. The van der Waals surface area contributed by atoms with Gasteiger partial charge >= 0.3 is 6.18 Å². The smallest absolute Gasteiger partial charge is 0.358 e. The third kappa shape index (κ3) is 2.84. The zero-order valence-electron chi connectivity index (χ0n) is 15.8. The van der Waals surface area contributed by atoms with Crippen LogP contribution in [-0.4, -0.2) is 30.0 Å². The number of likely N-dealkylation sites (tertiary alicyclic amines) is 1. The number of alkyl halides is 3. The number of hydrogen-bond acceptors (Lipinski definition) is 1. The maximum atomic E-state index is 13.4. The van der Waals surface area contributed by atoms with Crippen molar-refractivity contribution in [3.05, 3.63) is 70.9 Å². The van der Waals surface area contributed by atoms with Gasteiger partial charge in [0, 0.05) is 29.1 Å². The van der Waals surface area contributed by atoms with E-state index in [-0.39, 0.29) is 5.92 Å². The standard InChI is InChI=1S/C23H23F3N2/c1-28-10-9-15-11-20-22(21(18(15)13-28)14-5-3-2-4-6-14)17-12-16(23(24,25)26)7-8-19(17)27-20/h2-8,12,15,18,21,27H,9-11,13H2,1H3/t15-,18+,21-/m0/s1. The van der Waals surface area contributed by atoms with Crippen molar-refractivity contribution in [1.29, 1.82) is 0 Å². The molecule has 3 aromatic rings. The fourth-order valence-electron chi connectivity index (χ4n) is 5.34. The predicted octanol–water partition coefficient (Wildman–Crippen LogP) is 5.44. The second-order valence-corrected chi connectivity index (χ2v) is 8.34. The van der Waals surface area contributed by atoms with E-state index < -0.39 is 11.7 Å². The highest BCUT2D eigenvalue weighted by Crippen LogP contribution is 2.49. The lowest BCUT2D eigenvalue weighted by Crippen LogP contribution is -2.44. The van der Waals surface area contributed by atoms with E-state index in [2.05, 4.69) is 29.1 Å². The van der Waals surface area contributed by atoms with Crippen molar-refractivity contribution < 1.29 is 13.2 Å². The Bertz CT molecular complexity index is 1010. The normalized spacial score (nSPS) is 25.5. The van der Waals surface area contributed by atoms with E-state index in [1.54, 1.807) is 6.07 Å². The largest absolute Gasteiger partial charge is 0.416 e. The Morgan fingerprint density at radius 3 is 2.61 bits per heavy atom. The molecular weight excluding hydrogens is 361 g/mol. The second kappa shape index (κ2) is 6.38. The van der Waals surface area contributed by atoms with Gasteiger partial charge in [-0.2, -0.15) is 13.2 Å². The minimum Gasteiger partial charge on any atom is -0.358 e. The molecule has 0 amide bonds. The monoisotopic (exact) mass is 384 g/mol. The third-order valence-corrected chi connectivity index (χ3v) is 6.62. The van der Waals surface area contributed by atoms with Crippen LogP contribution in [0.5, 0.6) is 0 Å². The molecule has 3 atom stereocenters. The Balaban J connectivity index is 1.73. The number of hydrogen-bond donors (Lipinski definition) is 1. The van der Waals surface area contributed by atoms with Gasteiger partial charge in [0.1, 0.15) is 0 Å². The number of aromatic nitrogens is 1. The highest BCUT2D eigenvalue weighted by atomic mass is 19.4. The first-order chi connectivity index (χ1) is 13.4. The van der Waals surface area contributed by atoms with Crippen molar-refractivity contribution in [2.75, 3.05) is 20.1 Å². The summed E-state index contributed by atoms with van der Waals surface area (Å²) in [6.07, 6.45) is -2.27. The highest BCUT2D eigenvalue weighted by molar-refractivity contribution is 5.87. The van der Waals surface area contributed by atoms with E-state index in [9.17, 15) is 13.2 Å². The van der Waals surface area contributed by atoms with E-state index >= 15 is 0 Å². The maximum absolute atomic E-state index is 13.4. The number of H-pyrrole nitrogens is 1. The fraction of sp³-hybridized carbons (Fsp3) is 0.391. The van der Waals surface area contributed by atoms with Crippen molar-refractivity contribution in [1.82, 2.24) is 9.88 Å². The Kier molecular flexibility index (Phi) is 4.05. The summed E-state index contributed by atoms with van der Waals surface area (Å²) in [5.74, 6) is 1.10. The molecule has 2 aromatic carbocycles. The number of fused-ring (bicyclic) bond motifs is 4. The molecule has 0 unspecified atom stereocenters. The molecule has 1 aliphatic carbocycles. The average molecular weight is 384 g/mol. The number of benzene rings is 2. The van der Waals surface area contributed by atoms with Gasteiger partial charge in [-0.3, -0.25) is 0 Å². The van der Waals surface area contributed by atoms with Crippen molar-refractivity contribution in [3.63, 3.8) is 0 Å². The highest BCUT2D eigenvalue weighted by Gasteiger charge is 2.42. The van der Waals surface area contributed by atoms with Crippen LogP contribution >= 0.6 is 0 Å². The molecule has 0 saturated carbocycles. The number of piperidine rings is 1. The maximum Gasteiger partial charge on any atom is 0.416 e. The second-order valence-electron chi connectivity index (χ2n) is 8.34. The minimum absolute atomic E-state index is 0.120. The van der Waals surface area contributed by atoms with Crippen LogP contribution in [0.2, 0.25) is 0 Å².